The van der Waals surface area contributed by atoms with E-state index in [1.807, 2.05) is 0 Å². The molecular formula is C27H20F3N3O3S. The number of amides is 1. The molecule has 37 heavy (non-hydrogen) atoms. The Morgan fingerprint density at radius 3 is 2.70 bits per heavy atom. The van der Waals surface area contributed by atoms with Crippen LogP contribution in [0.4, 0.5) is 23.9 Å². The third-order valence-corrected chi connectivity index (χ3v) is 7.30. The van der Waals surface area contributed by atoms with Gasteiger partial charge in [-0.25, -0.2) is 4.99 Å². The number of carbonyl (C=O) groups excluding carboxylic acids is 1. The Morgan fingerprint density at radius 2 is 1.95 bits per heavy atom. The third-order valence-electron chi connectivity index (χ3n) is 6.12. The fourth-order valence-corrected chi connectivity index (χ4v) is 5.55. The van der Waals surface area contributed by atoms with Gasteiger partial charge in [-0.2, -0.15) is 18.4 Å². The summed E-state index contributed by atoms with van der Waals surface area (Å²) in [4.78, 5) is 19.0. The largest absolute Gasteiger partial charge is 0.493 e. The van der Waals surface area contributed by atoms with Crippen LogP contribution in [0.5, 0.6) is 5.75 Å². The number of anilines is 1. The van der Waals surface area contributed by atoms with E-state index in [0.29, 0.717) is 27.3 Å². The number of aryl methyl sites for hydroxylation is 1. The number of nitrogens with zero attached hydrogens (tertiary/aromatic N) is 2. The van der Waals surface area contributed by atoms with Crippen molar-refractivity contribution in [2.24, 2.45) is 4.99 Å². The highest BCUT2D eigenvalue weighted by Gasteiger charge is 2.30. The van der Waals surface area contributed by atoms with Crippen LogP contribution in [0.1, 0.15) is 44.8 Å². The molecule has 2 heterocycles. The highest BCUT2D eigenvalue weighted by molar-refractivity contribution is 7.16. The fraction of sp³-hybridized carbons (Fsp3) is 0.222. The molecule has 188 valence electrons. The summed E-state index contributed by atoms with van der Waals surface area (Å²) in [7, 11) is 1.48. The van der Waals surface area contributed by atoms with E-state index in [1.54, 1.807) is 24.3 Å². The fourth-order valence-electron chi connectivity index (χ4n) is 4.34. The van der Waals surface area contributed by atoms with Crippen LogP contribution in [0.25, 0.3) is 11.0 Å². The van der Waals surface area contributed by atoms with Crippen molar-refractivity contribution in [3.05, 3.63) is 81.2 Å². The number of carbonyl (C=O) groups is 1. The summed E-state index contributed by atoms with van der Waals surface area (Å²) in [6, 6.07) is 13.3. The van der Waals surface area contributed by atoms with Gasteiger partial charge in [-0.1, -0.05) is 18.2 Å². The summed E-state index contributed by atoms with van der Waals surface area (Å²) in [5, 5.41) is 13.3. The van der Waals surface area contributed by atoms with E-state index in [-0.39, 0.29) is 16.8 Å². The highest BCUT2D eigenvalue weighted by atomic mass is 32.1. The standard InChI is InChI=1S/C27H20F3N3O3S/c1-35-21-10-4-6-15-12-19(24(34)32-17-8-5-7-16(13-17)27(28,29)30)25(36-23(15)21)33-26-20(14-31)18-9-2-3-11-22(18)37-26/h4-8,10,12-13H,2-3,9,11H2,1H3,(H,32,34). The number of nitriles is 1. The van der Waals surface area contributed by atoms with Crippen molar-refractivity contribution >= 4 is 38.9 Å². The number of nitrogens with one attached hydrogen (secondary N) is 1. The van der Waals surface area contributed by atoms with Gasteiger partial charge in [0.2, 0.25) is 5.55 Å². The van der Waals surface area contributed by atoms with Gasteiger partial charge in [0.05, 0.1) is 18.2 Å². The molecule has 0 spiro atoms. The molecule has 1 aliphatic carbocycles. The van der Waals surface area contributed by atoms with Gasteiger partial charge in [0, 0.05) is 16.0 Å². The topological polar surface area (TPSA) is 87.6 Å². The van der Waals surface area contributed by atoms with E-state index in [9.17, 15) is 23.2 Å². The molecule has 1 N–H and O–H groups in total. The average molecular weight is 524 g/mol. The van der Waals surface area contributed by atoms with Gasteiger partial charge in [-0.05, 0) is 61.6 Å². The maximum atomic E-state index is 13.3. The molecule has 1 amide bonds. The molecule has 1 aliphatic rings. The zero-order valence-electron chi connectivity index (χ0n) is 19.6. The summed E-state index contributed by atoms with van der Waals surface area (Å²) in [5.41, 5.74) is 0.807. The molecule has 10 heteroatoms. The van der Waals surface area contributed by atoms with Crippen molar-refractivity contribution in [1.82, 2.24) is 0 Å². The minimum Gasteiger partial charge on any atom is -0.493 e. The molecule has 6 nitrogen and oxygen atoms in total. The first-order chi connectivity index (χ1) is 17.8. The van der Waals surface area contributed by atoms with Gasteiger partial charge in [0.1, 0.15) is 16.6 Å². The van der Waals surface area contributed by atoms with Crippen LogP contribution in [-0.4, -0.2) is 13.0 Å². The van der Waals surface area contributed by atoms with Crippen molar-refractivity contribution in [2.45, 2.75) is 31.9 Å². The first-order valence-electron chi connectivity index (χ1n) is 11.5. The van der Waals surface area contributed by atoms with Crippen LogP contribution in [0.2, 0.25) is 0 Å². The van der Waals surface area contributed by atoms with Crippen molar-refractivity contribution in [3.8, 4) is 11.8 Å². The smallest absolute Gasteiger partial charge is 0.416 e. The second-order valence-electron chi connectivity index (χ2n) is 8.49. The Balaban J connectivity index is 1.66. The number of ether oxygens (including phenoxy) is 1. The first kappa shape index (κ1) is 24.6. The lowest BCUT2D eigenvalue weighted by atomic mass is 9.96. The van der Waals surface area contributed by atoms with E-state index in [2.05, 4.69) is 16.4 Å². The highest BCUT2D eigenvalue weighted by Crippen LogP contribution is 2.39. The number of halogens is 3. The molecule has 0 atom stereocenters. The Kier molecular flexibility index (Phi) is 6.48. The summed E-state index contributed by atoms with van der Waals surface area (Å²) in [6.45, 7) is 0. The van der Waals surface area contributed by atoms with Gasteiger partial charge >= 0.3 is 6.18 Å². The molecule has 2 aromatic carbocycles. The maximum absolute atomic E-state index is 13.3. The quantitative estimate of drug-likeness (QED) is 0.320. The zero-order valence-corrected chi connectivity index (χ0v) is 20.4. The van der Waals surface area contributed by atoms with Crippen LogP contribution in [0.3, 0.4) is 0 Å². The number of rotatable bonds is 4. The van der Waals surface area contributed by atoms with Gasteiger partial charge in [0.25, 0.3) is 5.91 Å². The van der Waals surface area contributed by atoms with Crippen LogP contribution in [-0.2, 0) is 19.0 Å². The molecule has 2 aromatic heterocycles. The van der Waals surface area contributed by atoms with Gasteiger partial charge < -0.3 is 14.5 Å². The lowest BCUT2D eigenvalue weighted by molar-refractivity contribution is -0.137. The maximum Gasteiger partial charge on any atom is 0.416 e. The number of hydrogen-bond acceptors (Lipinski definition) is 6. The zero-order chi connectivity index (χ0) is 26.2. The van der Waals surface area contributed by atoms with Crippen LogP contribution in [0.15, 0.2) is 57.9 Å². The van der Waals surface area contributed by atoms with E-state index in [1.165, 1.54) is 30.6 Å². The molecule has 0 unspecified atom stereocenters. The molecule has 4 aromatic rings. The van der Waals surface area contributed by atoms with Crippen molar-refractivity contribution in [2.75, 3.05) is 12.4 Å². The Morgan fingerprint density at radius 1 is 1.16 bits per heavy atom. The molecule has 0 aliphatic heterocycles. The number of para-hydroxylation sites is 1. The molecule has 0 bridgehead atoms. The number of methoxy groups -OCH3 is 1. The van der Waals surface area contributed by atoms with Crippen molar-refractivity contribution in [3.63, 3.8) is 0 Å². The summed E-state index contributed by atoms with van der Waals surface area (Å²) in [6.07, 6.45) is -0.895. The van der Waals surface area contributed by atoms with Crippen LogP contribution < -0.4 is 15.6 Å². The Labute approximate surface area is 213 Å². The lowest BCUT2D eigenvalue weighted by Crippen LogP contribution is -2.22. The van der Waals surface area contributed by atoms with Gasteiger partial charge in [-0.3, -0.25) is 4.79 Å². The lowest BCUT2D eigenvalue weighted by Gasteiger charge is -2.11. The van der Waals surface area contributed by atoms with E-state index in [0.717, 1.165) is 48.3 Å². The molecular weight excluding hydrogens is 503 g/mol. The Bertz CT molecular complexity index is 1630. The van der Waals surface area contributed by atoms with Crippen LogP contribution in [0, 0.1) is 11.3 Å². The summed E-state index contributed by atoms with van der Waals surface area (Å²) >= 11 is 1.39. The normalized spacial score (nSPS) is 13.8. The van der Waals surface area contributed by atoms with E-state index >= 15 is 0 Å². The summed E-state index contributed by atoms with van der Waals surface area (Å²) < 4.78 is 51.0. The third kappa shape index (κ3) is 4.82. The minimum absolute atomic E-state index is 0.00780. The molecule has 5 rings (SSSR count). The number of alkyl halides is 3. The Hall–Kier alpha value is -4.10. The van der Waals surface area contributed by atoms with E-state index < -0.39 is 17.6 Å². The number of hydrogen-bond donors (Lipinski definition) is 1. The van der Waals surface area contributed by atoms with Gasteiger partial charge in [0.15, 0.2) is 11.3 Å². The predicted octanol–water partition coefficient (Wildman–Crippen LogP) is 6.76. The molecule has 0 saturated heterocycles. The van der Waals surface area contributed by atoms with Crippen LogP contribution >= 0.6 is 11.3 Å². The average Bonchev–Trinajstić information content (AvgIpc) is 3.24. The SMILES string of the molecule is COc1cccc2cc(C(=O)Nc3cccc(C(F)(F)F)c3)c(=Nc3sc4c(c3C#N)CCCC4)oc12. The monoisotopic (exact) mass is 523 g/mol. The number of thiophene rings is 1. The molecule has 0 saturated carbocycles. The molecule has 0 radical (unpaired) electrons. The summed E-state index contributed by atoms with van der Waals surface area (Å²) in [5.74, 6) is -0.281. The second-order valence-corrected chi connectivity index (χ2v) is 9.57. The predicted molar refractivity (Wildman–Crippen MR) is 133 cm³/mol. The molecule has 0 fully saturated rings. The number of benzene rings is 2. The minimum atomic E-state index is -4.55. The van der Waals surface area contributed by atoms with E-state index in [4.69, 9.17) is 9.15 Å². The van der Waals surface area contributed by atoms with Crippen molar-refractivity contribution < 1.29 is 27.1 Å². The number of fused-ring (bicyclic) bond motifs is 2. The van der Waals surface area contributed by atoms with Gasteiger partial charge in [-0.15, -0.1) is 11.3 Å². The van der Waals surface area contributed by atoms with Crippen molar-refractivity contribution in [1.29, 1.82) is 5.26 Å². The first-order valence-corrected chi connectivity index (χ1v) is 12.3. The second kappa shape index (κ2) is 9.75.